The topological polar surface area (TPSA) is 26.0 Å². The van der Waals surface area contributed by atoms with E-state index in [2.05, 4.69) is 25.1 Å². The summed E-state index contributed by atoms with van der Waals surface area (Å²) in [5.41, 5.74) is 10.4. The van der Waals surface area contributed by atoms with Gasteiger partial charge in [0.25, 0.3) is 0 Å². The standard InChI is InChI=1S/C13H19N/c1-2-4-10-7-8-12-11(9-10)5-3-6-13(12)14/h7-9,13H,2-6,14H2,1H3/t13-/m1/s1. The van der Waals surface area contributed by atoms with E-state index < -0.39 is 0 Å². The van der Waals surface area contributed by atoms with Crippen LogP contribution in [0.4, 0.5) is 0 Å². The molecule has 0 aromatic heterocycles. The van der Waals surface area contributed by atoms with Gasteiger partial charge in [-0.1, -0.05) is 31.5 Å². The number of rotatable bonds is 2. The van der Waals surface area contributed by atoms with Gasteiger partial charge in [0, 0.05) is 6.04 Å². The molecule has 0 fully saturated rings. The minimum atomic E-state index is 0.287. The lowest BCUT2D eigenvalue weighted by atomic mass is 9.87. The van der Waals surface area contributed by atoms with Crippen LogP contribution in [0.2, 0.25) is 0 Å². The third-order valence-corrected chi connectivity index (χ3v) is 3.11. The molecule has 1 aromatic rings. The van der Waals surface area contributed by atoms with E-state index in [-0.39, 0.29) is 6.04 Å². The van der Waals surface area contributed by atoms with Crippen LogP contribution in [0, 0.1) is 0 Å². The monoisotopic (exact) mass is 189 g/mol. The van der Waals surface area contributed by atoms with E-state index in [1.54, 1.807) is 0 Å². The van der Waals surface area contributed by atoms with E-state index >= 15 is 0 Å². The first-order valence-electron chi connectivity index (χ1n) is 5.68. The van der Waals surface area contributed by atoms with E-state index in [9.17, 15) is 0 Å². The molecule has 1 heteroatoms. The molecule has 0 bridgehead atoms. The lowest BCUT2D eigenvalue weighted by Crippen LogP contribution is -2.17. The number of fused-ring (bicyclic) bond motifs is 1. The van der Waals surface area contributed by atoms with Crippen molar-refractivity contribution < 1.29 is 0 Å². The highest BCUT2D eigenvalue weighted by molar-refractivity contribution is 5.35. The van der Waals surface area contributed by atoms with E-state index in [1.165, 1.54) is 42.4 Å². The Morgan fingerprint density at radius 1 is 1.43 bits per heavy atom. The lowest BCUT2D eigenvalue weighted by molar-refractivity contribution is 0.570. The summed E-state index contributed by atoms with van der Waals surface area (Å²) in [5.74, 6) is 0. The molecular formula is C13H19N. The van der Waals surface area contributed by atoms with Gasteiger partial charge in [0.05, 0.1) is 0 Å². The molecule has 0 amide bonds. The Bertz CT molecular complexity index is 317. The van der Waals surface area contributed by atoms with Crippen molar-refractivity contribution in [1.82, 2.24) is 0 Å². The molecule has 0 heterocycles. The third-order valence-electron chi connectivity index (χ3n) is 3.11. The summed E-state index contributed by atoms with van der Waals surface area (Å²) in [4.78, 5) is 0. The number of benzene rings is 1. The second kappa shape index (κ2) is 4.14. The highest BCUT2D eigenvalue weighted by Gasteiger charge is 2.16. The van der Waals surface area contributed by atoms with Gasteiger partial charge in [-0.2, -0.15) is 0 Å². The average Bonchev–Trinajstić information content (AvgIpc) is 2.18. The Kier molecular flexibility index (Phi) is 2.87. The number of hydrogen-bond donors (Lipinski definition) is 1. The van der Waals surface area contributed by atoms with Crippen LogP contribution >= 0.6 is 0 Å². The molecule has 14 heavy (non-hydrogen) atoms. The Morgan fingerprint density at radius 3 is 3.07 bits per heavy atom. The van der Waals surface area contributed by atoms with Gasteiger partial charge in [0.2, 0.25) is 0 Å². The van der Waals surface area contributed by atoms with Crippen LogP contribution < -0.4 is 5.73 Å². The third kappa shape index (κ3) is 1.83. The Balaban J connectivity index is 2.29. The number of nitrogens with two attached hydrogens (primary N) is 1. The van der Waals surface area contributed by atoms with Crippen LogP contribution in [0.15, 0.2) is 18.2 Å². The van der Waals surface area contributed by atoms with Crippen molar-refractivity contribution in [3.8, 4) is 0 Å². The van der Waals surface area contributed by atoms with Crippen molar-refractivity contribution in [1.29, 1.82) is 0 Å². The minimum absolute atomic E-state index is 0.287. The van der Waals surface area contributed by atoms with Crippen LogP contribution in [-0.2, 0) is 12.8 Å². The van der Waals surface area contributed by atoms with Crippen LogP contribution in [0.1, 0.15) is 48.9 Å². The maximum Gasteiger partial charge on any atom is 0.0297 e. The van der Waals surface area contributed by atoms with Gasteiger partial charge >= 0.3 is 0 Å². The fourth-order valence-electron chi connectivity index (χ4n) is 2.35. The largest absolute Gasteiger partial charge is 0.324 e. The fraction of sp³-hybridized carbons (Fsp3) is 0.538. The molecule has 1 nitrogen and oxygen atoms in total. The highest BCUT2D eigenvalue weighted by atomic mass is 14.6. The predicted octanol–water partition coefficient (Wildman–Crippen LogP) is 2.98. The number of aryl methyl sites for hydroxylation is 2. The summed E-state index contributed by atoms with van der Waals surface area (Å²) in [6.07, 6.45) is 6.05. The fourth-order valence-corrected chi connectivity index (χ4v) is 2.35. The molecule has 76 valence electrons. The molecule has 2 N–H and O–H groups in total. The second-order valence-corrected chi connectivity index (χ2v) is 4.28. The Morgan fingerprint density at radius 2 is 2.29 bits per heavy atom. The van der Waals surface area contributed by atoms with E-state index in [4.69, 9.17) is 5.73 Å². The smallest absolute Gasteiger partial charge is 0.0297 e. The summed E-state index contributed by atoms with van der Waals surface area (Å²) in [6.45, 7) is 2.23. The van der Waals surface area contributed by atoms with Gasteiger partial charge in [0.15, 0.2) is 0 Å². The molecule has 0 saturated heterocycles. The molecule has 0 radical (unpaired) electrons. The molecule has 0 saturated carbocycles. The van der Waals surface area contributed by atoms with Crippen LogP contribution in [0.3, 0.4) is 0 Å². The van der Waals surface area contributed by atoms with Gasteiger partial charge in [-0.15, -0.1) is 0 Å². The maximum absolute atomic E-state index is 6.07. The van der Waals surface area contributed by atoms with Crippen molar-refractivity contribution in [3.05, 3.63) is 34.9 Å². The van der Waals surface area contributed by atoms with E-state index in [0.717, 1.165) is 6.42 Å². The van der Waals surface area contributed by atoms with Gasteiger partial charge in [-0.3, -0.25) is 0 Å². The van der Waals surface area contributed by atoms with E-state index in [1.807, 2.05) is 0 Å². The van der Waals surface area contributed by atoms with Gasteiger partial charge in [-0.05, 0) is 42.4 Å². The summed E-state index contributed by atoms with van der Waals surface area (Å²) < 4.78 is 0. The first-order valence-corrected chi connectivity index (χ1v) is 5.68. The van der Waals surface area contributed by atoms with Gasteiger partial charge in [-0.25, -0.2) is 0 Å². The zero-order valence-corrected chi connectivity index (χ0v) is 8.92. The molecule has 2 rings (SSSR count). The average molecular weight is 189 g/mol. The van der Waals surface area contributed by atoms with Crippen molar-refractivity contribution in [2.24, 2.45) is 5.73 Å². The zero-order valence-electron chi connectivity index (χ0n) is 8.92. The lowest BCUT2D eigenvalue weighted by Gasteiger charge is -2.22. The summed E-state index contributed by atoms with van der Waals surface area (Å²) in [6, 6.07) is 7.13. The summed E-state index contributed by atoms with van der Waals surface area (Å²) in [7, 11) is 0. The molecule has 0 aliphatic heterocycles. The maximum atomic E-state index is 6.07. The van der Waals surface area contributed by atoms with Gasteiger partial charge < -0.3 is 5.73 Å². The highest BCUT2D eigenvalue weighted by Crippen LogP contribution is 2.28. The Hall–Kier alpha value is -0.820. The second-order valence-electron chi connectivity index (χ2n) is 4.28. The van der Waals surface area contributed by atoms with Crippen LogP contribution in [-0.4, -0.2) is 0 Å². The quantitative estimate of drug-likeness (QED) is 0.760. The van der Waals surface area contributed by atoms with Crippen molar-refractivity contribution in [2.75, 3.05) is 0 Å². The number of hydrogen-bond acceptors (Lipinski definition) is 1. The van der Waals surface area contributed by atoms with E-state index in [0.29, 0.717) is 0 Å². The molecule has 0 unspecified atom stereocenters. The molecule has 0 spiro atoms. The van der Waals surface area contributed by atoms with Crippen molar-refractivity contribution in [2.45, 2.75) is 45.1 Å². The predicted molar refractivity (Wildman–Crippen MR) is 60.3 cm³/mol. The minimum Gasteiger partial charge on any atom is -0.324 e. The van der Waals surface area contributed by atoms with Crippen molar-refractivity contribution in [3.63, 3.8) is 0 Å². The van der Waals surface area contributed by atoms with Crippen molar-refractivity contribution >= 4 is 0 Å². The van der Waals surface area contributed by atoms with Crippen LogP contribution in [0.25, 0.3) is 0 Å². The molecular weight excluding hydrogens is 170 g/mol. The SMILES string of the molecule is CCCc1ccc2c(c1)CCC[C@H]2N. The summed E-state index contributed by atoms with van der Waals surface area (Å²) in [5, 5.41) is 0. The van der Waals surface area contributed by atoms with Crippen LogP contribution in [0.5, 0.6) is 0 Å². The summed E-state index contributed by atoms with van der Waals surface area (Å²) >= 11 is 0. The molecule has 1 atom stereocenters. The molecule has 1 aliphatic carbocycles. The normalized spacial score (nSPS) is 20.6. The Labute approximate surface area is 86.3 Å². The molecule has 1 aromatic carbocycles. The van der Waals surface area contributed by atoms with Gasteiger partial charge in [0.1, 0.15) is 0 Å². The first kappa shape index (κ1) is 9.72. The first-order chi connectivity index (χ1) is 6.81. The molecule has 1 aliphatic rings. The zero-order chi connectivity index (χ0) is 9.97.